The molecule has 0 amide bonds. The molecule has 0 aromatic rings. The van der Waals surface area contributed by atoms with Gasteiger partial charge in [0, 0.05) is 7.11 Å². The molecule has 0 aromatic heterocycles. The van der Waals surface area contributed by atoms with Gasteiger partial charge >= 0.3 is 0 Å². The Labute approximate surface area is 71.6 Å². The highest BCUT2D eigenvalue weighted by Crippen LogP contribution is 2.59. The van der Waals surface area contributed by atoms with E-state index in [1.807, 2.05) is 13.8 Å². The van der Waals surface area contributed by atoms with E-state index in [1.165, 1.54) is 0 Å². The summed E-state index contributed by atoms with van der Waals surface area (Å²) in [6, 6.07) is 0. The van der Waals surface area contributed by atoms with Gasteiger partial charge in [0.25, 0.3) is 0 Å². The van der Waals surface area contributed by atoms with Crippen LogP contribution in [0.4, 0.5) is 0 Å². The largest absolute Gasteiger partial charge is 0.325 e. The Bertz CT molecular complexity index is 119. The molecule has 0 aliphatic heterocycles. The number of rotatable bonds is 5. The summed E-state index contributed by atoms with van der Waals surface area (Å²) in [5.41, 5.74) is -1.95. The van der Waals surface area contributed by atoms with E-state index in [0.29, 0.717) is 6.61 Å². The van der Waals surface area contributed by atoms with Crippen molar-refractivity contribution in [2.24, 2.45) is 0 Å². The topological polar surface area (TPSA) is 18.5 Å². The highest BCUT2D eigenvalue weighted by Gasteiger charge is 2.14. The molecule has 0 saturated heterocycles. The van der Waals surface area contributed by atoms with Crippen molar-refractivity contribution in [3.8, 4) is 0 Å². The monoisotopic (exact) mass is 200 g/mol. The average Bonchev–Trinajstić information content (AvgIpc) is 1.89. The summed E-state index contributed by atoms with van der Waals surface area (Å²) in [4.78, 5) is 0. The fourth-order valence-corrected chi connectivity index (χ4v) is 4.45. The van der Waals surface area contributed by atoms with Gasteiger partial charge in [0.2, 0.25) is 5.69 Å². The van der Waals surface area contributed by atoms with Gasteiger partial charge in [-0.3, -0.25) is 0 Å². The minimum atomic E-state index is -1.95. The van der Waals surface area contributed by atoms with Crippen LogP contribution in [0, 0.1) is 0 Å². The Morgan fingerprint density at radius 3 is 2.40 bits per heavy atom. The molecule has 10 heavy (non-hydrogen) atoms. The highest BCUT2D eigenvalue weighted by molar-refractivity contribution is 8.67. The normalized spacial score (nSPS) is 16.7. The zero-order chi connectivity index (χ0) is 8.04. The van der Waals surface area contributed by atoms with Gasteiger partial charge in [-0.1, -0.05) is 18.3 Å². The molecular formula is C5H13O2PS2. The predicted molar refractivity (Wildman–Crippen MR) is 51.1 cm³/mol. The lowest BCUT2D eigenvalue weighted by Crippen LogP contribution is -1.87. The van der Waals surface area contributed by atoms with E-state index in [1.54, 1.807) is 18.5 Å². The Balaban J connectivity index is 3.83. The zero-order valence-corrected chi connectivity index (χ0v) is 9.02. The molecule has 62 valence electrons. The lowest BCUT2D eigenvalue weighted by atomic mass is 10.9. The van der Waals surface area contributed by atoms with Crippen LogP contribution in [0.1, 0.15) is 13.8 Å². The molecule has 1 unspecified atom stereocenters. The van der Waals surface area contributed by atoms with Crippen molar-refractivity contribution in [1.29, 1.82) is 0 Å². The summed E-state index contributed by atoms with van der Waals surface area (Å²) in [6.07, 6.45) is 0. The van der Waals surface area contributed by atoms with Crippen molar-refractivity contribution >= 4 is 28.9 Å². The molecule has 2 nitrogen and oxygen atoms in total. The third-order valence-electron chi connectivity index (χ3n) is 0.798. The molecule has 0 N–H and O–H groups in total. The van der Waals surface area contributed by atoms with Gasteiger partial charge in [-0.2, -0.15) is 0 Å². The smallest absolute Gasteiger partial charge is 0.247 e. The Morgan fingerprint density at radius 2 is 2.10 bits per heavy atom. The van der Waals surface area contributed by atoms with Gasteiger partial charge in [-0.15, -0.1) is 0 Å². The molecule has 0 bridgehead atoms. The zero-order valence-electron chi connectivity index (χ0n) is 6.49. The van der Waals surface area contributed by atoms with Gasteiger partial charge in [-0.25, -0.2) is 0 Å². The van der Waals surface area contributed by atoms with Gasteiger partial charge in [0.1, 0.15) is 0 Å². The van der Waals surface area contributed by atoms with E-state index in [-0.39, 0.29) is 0 Å². The Morgan fingerprint density at radius 1 is 1.50 bits per heavy atom. The third-order valence-corrected chi connectivity index (χ3v) is 6.59. The van der Waals surface area contributed by atoms with Crippen LogP contribution in [0.2, 0.25) is 0 Å². The molecule has 0 fully saturated rings. The first-order valence-corrected chi connectivity index (χ1v) is 7.36. The van der Waals surface area contributed by atoms with Gasteiger partial charge in [-0.05, 0) is 24.5 Å². The number of hydrogen-bond acceptors (Lipinski definition) is 4. The quantitative estimate of drug-likeness (QED) is 0.635. The summed E-state index contributed by atoms with van der Waals surface area (Å²) in [5.74, 6) is 0.950. The molecule has 0 aliphatic carbocycles. The Hall–Kier alpha value is 0.920. The van der Waals surface area contributed by atoms with Crippen LogP contribution in [-0.4, -0.2) is 19.5 Å². The third kappa shape index (κ3) is 3.94. The second-order valence-electron chi connectivity index (χ2n) is 1.47. The van der Waals surface area contributed by atoms with E-state index < -0.39 is 5.69 Å². The molecule has 5 heteroatoms. The molecule has 0 aromatic carbocycles. The van der Waals surface area contributed by atoms with E-state index >= 15 is 0 Å². The van der Waals surface area contributed by atoms with Crippen molar-refractivity contribution < 1.29 is 9.05 Å². The van der Waals surface area contributed by atoms with Crippen LogP contribution < -0.4 is 0 Å². The summed E-state index contributed by atoms with van der Waals surface area (Å²) < 4.78 is 10.4. The van der Waals surface area contributed by atoms with Gasteiger partial charge in [0.15, 0.2) is 0 Å². The lowest BCUT2D eigenvalue weighted by Gasteiger charge is -2.16. The van der Waals surface area contributed by atoms with Gasteiger partial charge in [0.05, 0.1) is 6.61 Å². The maximum Gasteiger partial charge on any atom is 0.247 e. The SMILES string of the molecule is CCOP(=S)(OC)SCC. The first-order valence-electron chi connectivity index (χ1n) is 3.13. The fraction of sp³-hybridized carbons (Fsp3) is 1.00. The summed E-state index contributed by atoms with van der Waals surface area (Å²) in [7, 11) is 1.61. The summed E-state index contributed by atoms with van der Waals surface area (Å²) in [5, 5.41) is 0. The highest BCUT2D eigenvalue weighted by atomic mass is 32.9. The minimum Gasteiger partial charge on any atom is -0.325 e. The molecule has 0 aliphatic rings. The van der Waals surface area contributed by atoms with Crippen LogP contribution in [0.15, 0.2) is 0 Å². The summed E-state index contributed by atoms with van der Waals surface area (Å²) in [6.45, 7) is 4.61. The first-order chi connectivity index (χ1) is 4.68. The Kier molecular flexibility index (Phi) is 6.07. The van der Waals surface area contributed by atoms with Crippen molar-refractivity contribution in [3.63, 3.8) is 0 Å². The minimum absolute atomic E-state index is 0.637. The van der Waals surface area contributed by atoms with E-state index in [2.05, 4.69) is 0 Å². The van der Waals surface area contributed by atoms with Crippen molar-refractivity contribution in [2.75, 3.05) is 19.5 Å². The first kappa shape index (κ1) is 10.9. The van der Waals surface area contributed by atoms with E-state index in [4.69, 9.17) is 20.9 Å². The maximum absolute atomic E-state index is 5.29. The second-order valence-corrected chi connectivity index (χ2v) is 8.17. The maximum atomic E-state index is 5.29. The number of hydrogen-bond donors (Lipinski definition) is 0. The van der Waals surface area contributed by atoms with Gasteiger partial charge < -0.3 is 9.05 Å². The fourth-order valence-electron chi connectivity index (χ4n) is 0.459. The van der Waals surface area contributed by atoms with Crippen LogP contribution >= 0.6 is 17.1 Å². The van der Waals surface area contributed by atoms with Crippen molar-refractivity contribution in [1.82, 2.24) is 0 Å². The molecule has 0 rings (SSSR count). The molecule has 0 spiro atoms. The van der Waals surface area contributed by atoms with Crippen LogP contribution in [-0.2, 0) is 20.9 Å². The van der Waals surface area contributed by atoms with Crippen LogP contribution in [0.5, 0.6) is 0 Å². The summed E-state index contributed by atoms with van der Waals surface area (Å²) >= 11 is 6.72. The molecule has 0 heterocycles. The molecular weight excluding hydrogens is 187 g/mol. The molecule has 1 atom stereocenters. The predicted octanol–water partition coefficient (Wildman–Crippen LogP) is 2.65. The van der Waals surface area contributed by atoms with E-state index in [9.17, 15) is 0 Å². The van der Waals surface area contributed by atoms with Crippen molar-refractivity contribution in [2.45, 2.75) is 13.8 Å². The lowest BCUT2D eigenvalue weighted by molar-refractivity contribution is 0.310. The standard InChI is InChI=1S/C5H13O2PS2/c1-4-7-8(9,6-3)10-5-2/h4-5H2,1-3H3. The van der Waals surface area contributed by atoms with Crippen LogP contribution in [0.25, 0.3) is 0 Å². The van der Waals surface area contributed by atoms with Crippen LogP contribution in [0.3, 0.4) is 0 Å². The average molecular weight is 200 g/mol. The van der Waals surface area contributed by atoms with E-state index in [0.717, 1.165) is 5.75 Å². The second kappa shape index (κ2) is 5.56. The molecule has 0 saturated carbocycles. The molecule has 0 radical (unpaired) electrons. The van der Waals surface area contributed by atoms with Crippen molar-refractivity contribution in [3.05, 3.63) is 0 Å².